The summed E-state index contributed by atoms with van der Waals surface area (Å²) >= 11 is 6.21. The minimum Gasteiger partial charge on any atom is -0.356 e. The highest BCUT2D eigenvalue weighted by Crippen LogP contribution is 2.49. The van der Waals surface area contributed by atoms with Crippen molar-refractivity contribution >= 4 is 23.6 Å². The van der Waals surface area contributed by atoms with Crippen LogP contribution in [0.2, 0.25) is 5.02 Å². The van der Waals surface area contributed by atoms with Crippen LogP contribution in [0.5, 0.6) is 0 Å². The third kappa shape index (κ3) is 2.26. The average molecular weight is 308 g/mol. The van der Waals surface area contributed by atoms with Gasteiger partial charge in [-0.05, 0) is 49.1 Å². The Hall–Kier alpha value is -2.31. The van der Waals surface area contributed by atoms with E-state index in [1.54, 1.807) is 18.7 Å². The Morgan fingerprint density at radius 2 is 2.00 bits per heavy atom. The predicted octanol–water partition coefficient (Wildman–Crippen LogP) is 3.66. The molecular weight excluding hydrogens is 294 g/mol. The van der Waals surface area contributed by atoms with E-state index in [-0.39, 0.29) is 0 Å². The van der Waals surface area contributed by atoms with Gasteiger partial charge in [0, 0.05) is 28.5 Å². The normalized spacial score (nSPS) is 22.2. The second kappa shape index (κ2) is 5.15. The minimum absolute atomic E-state index is 0.398. The van der Waals surface area contributed by atoms with E-state index < -0.39 is 5.54 Å². The number of pyridine rings is 1. The Kier molecular flexibility index (Phi) is 3.13. The third-order valence-corrected chi connectivity index (χ3v) is 4.39. The molecule has 0 spiro atoms. The first-order chi connectivity index (χ1) is 10.8. The van der Waals surface area contributed by atoms with Crippen molar-refractivity contribution in [1.29, 1.82) is 0 Å². The second-order valence-corrected chi connectivity index (χ2v) is 6.07. The highest BCUT2D eigenvalue weighted by molar-refractivity contribution is 6.30. The number of fused-ring (bicyclic) bond motifs is 1. The lowest BCUT2D eigenvalue weighted by Crippen LogP contribution is -2.44. The van der Waals surface area contributed by atoms with Crippen LogP contribution < -0.4 is 5.32 Å². The topological polar surface area (TPSA) is 37.3 Å². The van der Waals surface area contributed by atoms with Gasteiger partial charge in [0.1, 0.15) is 5.54 Å². The van der Waals surface area contributed by atoms with Crippen LogP contribution in [0.25, 0.3) is 0 Å². The van der Waals surface area contributed by atoms with E-state index in [0.29, 0.717) is 10.9 Å². The lowest BCUT2D eigenvalue weighted by atomic mass is 9.83. The molecule has 1 atom stereocenters. The van der Waals surface area contributed by atoms with Crippen LogP contribution in [0.4, 0.5) is 5.69 Å². The van der Waals surface area contributed by atoms with E-state index in [4.69, 9.17) is 11.6 Å². The second-order valence-electron chi connectivity index (χ2n) is 5.63. The molecule has 0 bridgehead atoms. The highest BCUT2D eigenvalue weighted by atomic mass is 35.5. The molecule has 108 valence electrons. The van der Waals surface area contributed by atoms with Crippen molar-refractivity contribution in [3.05, 3.63) is 58.9 Å². The molecule has 1 aliphatic heterocycles. The number of hydrogen-bond acceptors (Lipinski definition) is 3. The van der Waals surface area contributed by atoms with E-state index in [1.807, 2.05) is 30.3 Å². The summed E-state index contributed by atoms with van der Waals surface area (Å²) < 4.78 is 0. The Labute approximate surface area is 134 Å². The Balaban J connectivity index is 1.84. The monoisotopic (exact) mass is 307 g/mol. The zero-order valence-corrected chi connectivity index (χ0v) is 12.6. The molecule has 1 unspecified atom stereocenters. The third-order valence-electron chi connectivity index (χ3n) is 4.15. The van der Waals surface area contributed by atoms with E-state index >= 15 is 0 Å². The van der Waals surface area contributed by atoms with Gasteiger partial charge in [-0.15, -0.1) is 0 Å². The predicted molar refractivity (Wildman–Crippen MR) is 88.3 cm³/mol. The molecule has 2 aliphatic rings. The van der Waals surface area contributed by atoms with Crippen LogP contribution in [0.1, 0.15) is 24.0 Å². The van der Waals surface area contributed by atoms with Gasteiger partial charge in [0.2, 0.25) is 0 Å². The zero-order valence-electron chi connectivity index (χ0n) is 11.9. The summed E-state index contributed by atoms with van der Waals surface area (Å²) in [5.41, 5.74) is 2.58. The summed E-state index contributed by atoms with van der Waals surface area (Å²) in [5.74, 6) is 7.23. The van der Waals surface area contributed by atoms with Crippen LogP contribution in [0.15, 0.2) is 47.7 Å². The van der Waals surface area contributed by atoms with Gasteiger partial charge >= 0.3 is 0 Å². The molecule has 4 rings (SSSR count). The quantitative estimate of drug-likeness (QED) is 0.817. The van der Waals surface area contributed by atoms with E-state index in [2.05, 4.69) is 27.1 Å². The number of aromatic nitrogens is 1. The van der Waals surface area contributed by atoms with Gasteiger partial charge in [-0.3, -0.25) is 4.98 Å². The number of benzene rings is 1. The van der Waals surface area contributed by atoms with Crippen molar-refractivity contribution < 1.29 is 0 Å². The molecular formula is C18H14ClN3. The molecule has 4 heteroatoms. The smallest absolute Gasteiger partial charge is 0.130 e. The maximum absolute atomic E-state index is 6.21. The highest BCUT2D eigenvalue weighted by Gasteiger charge is 2.47. The van der Waals surface area contributed by atoms with Crippen LogP contribution >= 0.6 is 11.6 Å². The SMILES string of the molecule is Clc1ccc2c(c1)C(C#Cc1ccncc1)(C1CC1)NC=N2. The molecule has 0 amide bonds. The van der Waals surface area contributed by atoms with Gasteiger partial charge in [-0.1, -0.05) is 23.4 Å². The first kappa shape index (κ1) is 13.4. The van der Waals surface area contributed by atoms with Gasteiger partial charge in [0.15, 0.2) is 0 Å². The van der Waals surface area contributed by atoms with Crippen molar-refractivity contribution in [3.63, 3.8) is 0 Å². The van der Waals surface area contributed by atoms with E-state index in [9.17, 15) is 0 Å². The first-order valence-corrected chi connectivity index (χ1v) is 7.69. The van der Waals surface area contributed by atoms with Crippen molar-refractivity contribution in [3.8, 4) is 11.8 Å². The maximum atomic E-state index is 6.21. The Bertz CT molecular complexity index is 800. The molecule has 1 aromatic heterocycles. The van der Waals surface area contributed by atoms with Crippen molar-refractivity contribution in [1.82, 2.24) is 10.3 Å². The number of hydrogen-bond donors (Lipinski definition) is 1. The van der Waals surface area contributed by atoms with Crippen LogP contribution in [-0.2, 0) is 5.54 Å². The van der Waals surface area contributed by atoms with Gasteiger partial charge in [0.05, 0.1) is 12.0 Å². The first-order valence-electron chi connectivity index (χ1n) is 7.31. The molecule has 1 fully saturated rings. The van der Waals surface area contributed by atoms with Gasteiger partial charge in [-0.2, -0.15) is 0 Å². The number of nitrogens with zero attached hydrogens (tertiary/aromatic N) is 2. The molecule has 1 aromatic carbocycles. The minimum atomic E-state index is -0.398. The molecule has 0 saturated heterocycles. The number of aliphatic imine (C=N–C) groups is 1. The Morgan fingerprint density at radius 3 is 2.77 bits per heavy atom. The fourth-order valence-corrected chi connectivity index (χ4v) is 3.06. The molecule has 2 aromatic rings. The lowest BCUT2D eigenvalue weighted by molar-refractivity contribution is 0.451. The zero-order chi connectivity index (χ0) is 15.0. The molecule has 0 radical (unpaired) electrons. The number of halogens is 1. The number of nitrogens with one attached hydrogen (secondary N) is 1. The largest absolute Gasteiger partial charge is 0.356 e. The molecule has 3 nitrogen and oxygen atoms in total. The molecule has 1 N–H and O–H groups in total. The molecule has 2 heterocycles. The van der Waals surface area contributed by atoms with Gasteiger partial charge in [0.25, 0.3) is 0 Å². The van der Waals surface area contributed by atoms with Crippen LogP contribution in [-0.4, -0.2) is 11.3 Å². The fourth-order valence-electron chi connectivity index (χ4n) is 2.88. The van der Waals surface area contributed by atoms with Gasteiger partial charge < -0.3 is 5.32 Å². The van der Waals surface area contributed by atoms with Crippen LogP contribution in [0, 0.1) is 17.8 Å². The van der Waals surface area contributed by atoms with Crippen LogP contribution in [0.3, 0.4) is 0 Å². The summed E-state index contributed by atoms with van der Waals surface area (Å²) in [7, 11) is 0. The maximum Gasteiger partial charge on any atom is 0.130 e. The summed E-state index contributed by atoms with van der Waals surface area (Å²) in [5, 5.41) is 4.12. The molecule has 1 aliphatic carbocycles. The Morgan fingerprint density at radius 1 is 1.18 bits per heavy atom. The fraction of sp³-hybridized carbons (Fsp3) is 0.222. The van der Waals surface area contributed by atoms with E-state index in [1.165, 1.54) is 0 Å². The average Bonchev–Trinajstić information content (AvgIpc) is 3.39. The van der Waals surface area contributed by atoms with Crippen molar-refractivity contribution in [2.24, 2.45) is 10.9 Å². The van der Waals surface area contributed by atoms with Crippen molar-refractivity contribution in [2.45, 2.75) is 18.4 Å². The number of rotatable bonds is 1. The lowest BCUT2D eigenvalue weighted by Gasteiger charge is -2.33. The molecule has 1 saturated carbocycles. The van der Waals surface area contributed by atoms with E-state index in [0.717, 1.165) is 29.7 Å². The standard InChI is InChI=1S/C18H14ClN3/c19-15-3-4-17-16(11-15)18(14-1-2-14,22-12-21-17)8-5-13-6-9-20-10-7-13/h3-4,6-7,9-12,14H,1-2H2,(H,21,22). The van der Waals surface area contributed by atoms with Crippen molar-refractivity contribution in [2.75, 3.05) is 0 Å². The molecule has 22 heavy (non-hydrogen) atoms. The summed E-state index contributed by atoms with van der Waals surface area (Å²) in [6.45, 7) is 0. The summed E-state index contributed by atoms with van der Waals surface area (Å²) in [6, 6.07) is 9.66. The summed E-state index contributed by atoms with van der Waals surface area (Å²) in [4.78, 5) is 8.45. The summed E-state index contributed by atoms with van der Waals surface area (Å²) in [6.07, 6.45) is 7.61. The van der Waals surface area contributed by atoms with Gasteiger partial charge in [-0.25, -0.2) is 4.99 Å².